The molecule has 0 unspecified atom stereocenters. The van der Waals surface area contributed by atoms with Gasteiger partial charge in [-0.1, -0.05) is 19.1 Å². The predicted octanol–water partition coefficient (Wildman–Crippen LogP) is 3.42. The molecule has 1 N–H and O–H groups in total. The highest BCUT2D eigenvalue weighted by Gasteiger charge is 2.08. The van der Waals surface area contributed by atoms with Gasteiger partial charge >= 0.3 is 0 Å². The van der Waals surface area contributed by atoms with Crippen LogP contribution in [0.5, 0.6) is 0 Å². The number of rotatable bonds is 6. The summed E-state index contributed by atoms with van der Waals surface area (Å²) in [6.07, 6.45) is 4.86. The fraction of sp³-hybridized carbons (Fsp3) is 0.294. The van der Waals surface area contributed by atoms with Gasteiger partial charge in [-0.25, -0.2) is 0 Å². The van der Waals surface area contributed by atoms with Crippen molar-refractivity contribution in [2.45, 2.75) is 33.2 Å². The number of hydrogen-bond donors (Lipinski definition) is 1. The van der Waals surface area contributed by atoms with Gasteiger partial charge in [0.2, 0.25) is 5.91 Å². The number of aromatic nitrogens is 1. The summed E-state index contributed by atoms with van der Waals surface area (Å²) in [5.41, 5.74) is 2.55. The van der Waals surface area contributed by atoms with Crippen molar-refractivity contribution in [2.24, 2.45) is 0 Å². The average Bonchev–Trinajstić information content (AvgIpc) is 2.87. The first-order valence-corrected chi connectivity index (χ1v) is 7.14. The molecule has 2 rings (SSSR count). The van der Waals surface area contributed by atoms with E-state index in [0.717, 1.165) is 17.7 Å². The van der Waals surface area contributed by atoms with Gasteiger partial charge in [0.15, 0.2) is 5.78 Å². The molecule has 0 aliphatic rings. The van der Waals surface area contributed by atoms with Crippen molar-refractivity contribution in [1.82, 2.24) is 4.57 Å². The van der Waals surface area contributed by atoms with Crippen molar-refractivity contribution in [1.29, 1.82) is 0 Å². The highest BCUT2D eigenvalue weighted by Crippen LogP contribution is 2.10. The number of nitrogens with one attached hydrogen (secondary N) is 1. The molecule has 21 heavy (non-hydrogen) atoms. The van der Waals surface area contributed by atoms with Crippen LogP contribution >= 0.6 is 0 Å². The molecule has 1 aromatic heterocycles. The van der Waals surface area contributed by atoms with Crippen molar-refractivity contribution < 1.29 is 9.59 Å². The molecule has 2 aromatic rings. The first kappa shape index (κ1) is 15.0. The lowest BCUT2D eigenvalue weighted by Crippen LogP contribution is -2.17. The molecule has 1 aromatic carbocycles. The van der Waals surface area contributed by atoms with Gasteiger partial charge in [0, 0.05) is 30.1 Å². The summed E-state index contributed by atoms with van der Waals surface area (Å²) in [5.74, 6) is 0.0148. The van der Waals surface area contributed by atoms with E-state index in [1.807, 2.05) is 38.1 Å². The summed E-state index contributed by atoms with van der Waals surface area (Å²) in [5, 5.41) is 2.85. The normalized spacial score (nSPS) is 10.4. The fourth-order valence-corrected chi connectivity index (χ4v) is 2.16. The Morgan fingerprint density at radius 3 is 2.76 bits per heavy atom. The van der Waals surface area contributed by atoms with Crippen LogP contribution in [-0.4, -0.2) is 16.3 Å². The molecule has 1 amide bonds. The van der Waals surface area contributed by atoms with Crippen LogP contribution in [-0.2, 0) is 11.3 Å². The van der Waals surface area contributed by atoms with Crippen molar-refractivity contribution >= 4 is 17.4 Å². The van der Waals surface area contributed by atoms with E-state index in [0.29, 0.717) is 12.0 Å². The number of Topliss-reactive ketones (excluding diaryl/α,β-unsaturated/α-hetero) is 1. The van der Waals surface area contributed by atoms with Crippen molar-refractivity contribution in [3.63, 3.8) is 0 Å². The van der Waals surface area contributed by atoms with Gasteiger partial charge in [0.25, 0.3) is 0 Å². The number of amides is 1. The predicted molar refractivity (Wildman–Crippen MR) is 83.5 cm³/mol. The van der Waals surface area contributed by atoms with E-state index in [9.17, 15) is 9.59 Å². The molecule has 0 bridgehead atoms. The first-order chi connectivity index (χ1) is 10.1. The Labute approximate surface area is 124 Å². The Balaban J connectivity index is 1.95. The Morgan fingerprint density at radius 1 is 1.24 bits per heavy atom. The summed E-state index contributed by atoms with van der Waals surface area (Å²) < 4.78 is 1.73. The topological polar surface area (TPSA) is 51.1 Å². The van der Waals surface area contributed by atoms with E-state index in [-0.39, 0.29) is 18.2 Å². The third-order valence-corrected chi connectivity index (χ3v) is 3.18. The SMILES string of the molecule is CCCC(=O)c1ccn(CC(=O)Nc2cccc(C)c2)c1. The van der Waals surface area contributed by atoms with E-state index >= 15 is 0 Å². The third kappa shape index (κ3) is 4.31. The van der Waals surface area contributed by atoms with Gasteiger partial charge in [-0.05, 0) is 37.1 Å². The van der Waals surface area contributed by atoms with Gasteiger partial charge in [0.1, 0.15) is 6.54 Å². The molecule has 1 heterocycles. The number of aryl methyl sites for hydroxylation is 1. The van der Waals surface area contributed by atoms with Gasteiger partial charge in [0.05, 0.1) is 0 Å². The quantitative estimate of drug-likeness (QED) is 0.826. The number of carbonyl (C=O) groups is 2. The maximum atomic E-state index is 12.0. The Bertz CT molecular complexity index is 644. The molecule has 0 fully saturated rings. The molecule has 0 radical (unpaired) electrons. The van der Waals surface area contributed by atoms with E-state index in [1.165, 1.54) is 0 Å². The van der Waals surface area contributed by atoms with E-state index in [4.69, 9.17) is 0 Å². The minimum Gasteiger partial charge on any atom is -0.344 e. The Morgan fingerprint density at radius 2 is 2.05 bits per heavy atom. The average molecular weight is 284 g/mol. The van der Waals surface area contributed by atoms with Crippen LogP contribution in [0.4, 0.5) is 5.69 Å². The van der Waals surface area contributed by atoms with Crippen molar-refractivity contribution in [3.05, 3.63) is 53.9 Å². The van der Waals surface area contributed by atoms with Crippen LogP contribution in [0, 0.1) is 6.92 Å². The molecule has 0 saturated heterocycles. The number of carbonyl (C=O) groups excluding carboxylic acids is 2. The lowest BCUT2D eigenvalue weighted by atomic mass is 10.1. The third-order valence-electron chi connectivity index (χ3n) is 3.18. The van der Waals surface area contributed by atoms with E-state index in [1.54, 1.807) is 23.0 Å². The number of benzene rings is 1. The minimum atomic E-state index is -0.106. The van der Waals surface area contributed by atoms with Gasteiger partial charge < -0.3 is 9.88 Å². The van der Waals surface area contributed by atoms with Crippen LogP contribution in [0.1, 0.15) is 35.7 Å². The molecule has 0 atom stereocenters. The second-order valence-corrected chi connectivity index (χ2v) is 5.16. The number of nitrogens with zero attached hydrogens (tertiary/aromatic N) is 1. The van der Waals surface area contributed by atoms with Crippen molar-refractivity contribution in [2.75, 3.05) is 5.32 Å². The molecule has 4 nitrogen and oxygen atoms in total. The number of ketones is 1. The van der Waals surface area contributed by atoms with Crippen LogP contribution < -0.4 is 5.32 Å². The van der Waals surface area contributed by atoms with Crippen LogP contribution in [0.2, 0.25) is 0 Å². The van der Waals surface area contributed by atoms with Gasteiger partial charge in [-0.15, -0.1) is 0 Å². The number of anilines is 1. The lowest BCUT2D eigenvalue weighted by Gasteiger charge is -2.06. The summed E-state index contributed by atoms with van der Waals surface area (Å²) in [4.78, 5) is 23.7. The monoisotopic (exact) mass is 284 g/mol. The Kier molecular flexibility index (Phi) is 4.93. The van der Waals surface area contributed by atoms with E-state index in [2.05, 4.69) is 5.32 Å². The maximum absolute atomic E-state index is 12.0. The van der Waals surface area contributed by atoms with Crippen molar-refractivity contribution in [3.8, 4) is 0 Å². The maximum Gasteiger partial charge on any atom is 0.244 e. The second-order valence-electron chi connectivity index (χ2n) is 5.16. The summed E-state index contributed by atoms with van der Waals surface area (Å²) in [7, 11) is 0. The van der Waals surface area contributed by atoms with E-state index < -0.39 is 0 Å². The summed E-state index contributed by atoms with van der Waals surface area (Å²) >= 11 is 0. The van der Waals surface area contributed by atoms with Crippen LogP contribution in [0.3, 0.4) is 0 Å². The molecule has 0 saturated carbocycles. The molecular formula is C17H20N2O2. The zero-order chi connectivity index (χ0) is 15.2. The van der Waals surface area contributed by atoms with Crippen LogP contribution in [0.25, 0.3) is 0 Å². The fourth-order valence-electron chi connectivity index (χ4n) is 2.16. The largest absolute Gasteiger partial charge is 0.344 e. The highest BCUT2D eigenvalue weighted by atomic mass is 16.2. The zero-order valence-electron chi connectivity index (χ0n) is 12.4. The first-order valence-electron chi connectivity index (χ1n) is 7.14. The highest BCUT2D eigenvalue weighted by molar-refractivity contribution is 5.96. The number of hydrogen-bond acceptors (Lipinski definition) is 2. The lowest BCUT2D eigenvalue weighted by molar-refractivity contribution is -0.116. The smallest absolute Gasteiger partial charge is 0.244 e. The summed E-state index contributed by atoms with van der Waals surface area (Å²) in [6.45, 7) is 4.16. The molecular weight excluding hydrogens is 264 g/mol. The molecule has 110 valence electrons. The zero-order valence-corrected chi connectivity index (χ0v) is 12.4. The second kappa shape index (κ2) is 6.88. The minimum absolute atomic E-state index is 0.106. The molecule has 0 spiro atoms. The van der Waals surface area contributed by atoms with Gasteiger partial charge in [-0.3, -0.25) is 9.59 Å². The summed E-state index contributed by atoms with van der Waals surface area (Å²) in [6, 6.07) is 9.42. The molecule has 4 heteroatoms. The Hall–Kier alpha value is -2.36. The molecule has 0 aliphatic carbocycles. The van der Waals surface area contributed by atoms with Gasteiger partial charge in [-0.2, -0.15) is 0 Å². The molecule has 0 aliphatic heterocycles. The standard InChI is InChI=1S/C17H20N2O2/c1-3-5-16(20)14-8-9-19(11-14)12-17(21)18-15-7-4-6-13(2)10-15/h4,6-11H,3,5,12H2,1-2H3,(H,18,21). The van der Waals surface area contributed by atoms with Crippen LogP contribution in [0.15, 0.2) is 42.7 Å².